The molecule has 1 aromatic heterocycles. The number of aromatic nitrogens is 2. The predicted octanol–water partition coefficient (Wildman–Crippen LogP) is 4.59. The summed E-state index contributed by atoms with van der Waals surface area (Å²) in [4.78, 5) is 0. The van der Waals surface area contributed by atoms with Crippen LogP contribution in [-0.4, -0.2) is 9.78 Å². The Morgan fingerprint density at radius 3 is 2.62 bits per heavy atom. The molecule has 0 aliphatic heterocycles. The summed E-state index contributed by atoms with van der Waals surface area (Å²) in [6.45, 7) is 0.358. The van der Waals surface area contributed by atoms with Gasteiger partial charge in [0.2, 0.25) is 0 Å². The van der Waals surface area contributed by atoms with Crippen LogP contribution < -0.4 is 5.32 Å². The lowest BCUT2D eigenvalue weighted by Gasteiger charge is -2.12. The van der Waals surface area contributed by atoms with Gasteiger partial charge in [-0.1, -0.05) is 18.2 Å². The number of nitrogens with zero attached hydrogens (tertiary/aromatic N) is 3. The van der Waals surface area contributed by atoms with Crippen LogP contribution in [0.3, 0.4) is 0 Å². The standard InChI is InChI=1S/C19H15F3N4/c1-26-12-16(11-25-26)14-4-2-3-13(7-14)10-24-17-6-5-15(9-23)18(8-17)19(20,21)22/h2-8,11-12,24H,10H2,1H3. The van der Waals surface area contributed by atoms with E-state index < -0.39 is 11.7 Å². The SMILES string of the molecule is Cn1cc(-c2cccc(CNc3ccc(C#N)c(C(F)(F)F)c3)c2)cn1. The predicted molar refractivity (Wildman–Crippen MR) is 92.1 cm³/mol. The molecule has 0 aliphatic carbocycles. The molecule has 2 aromatic carbocycles. The van der Waals surface area contributed by atoms with Crippen molar-refractivity contribution >= 4 is 5.69 Å². The monoisotopic (exact) mass is 356 g/mol. The van der Waals surface area contributed by atoms with E-state index in [-0.39, 0.29) is 5.56 Å². The summed E-state index contributed by atoms with van der Waals surface area (Å²) < 4.78 is 40.8. The molecule has 4 nitrogen and oxygen atoms in total. The third kappa shape index (κ3) is 3.86. The lowest BCUT2D eigenvalue weighted by Crippen LogP contribution is -2.09. The number of rotatable bonds is 4. The number of halogens is 3. The van der Waals surface area contributed by atoms with E-state index in [1.807, 2.05) is 37.5 Å². The Bertz CT molecular complexity index is 967. The first-order valence-electron chi connectivity index (χ1n) is 7.80. The fourth-order valence-electron chi connectivity index (χ4n) is 2.62. The third-order valence-corrected chi connectivity index (χ3v) is 3.91. The first-order valence-corrected chi connectivity index (χ1v) is 7.80. The second-order valence-corrected chi connectivity index (χ2v) is 5.83. The summed E-state index contributed by atoms with van der Waals surface area (Å²) in [5.74, 6) is 0. The quantitative estimate of drug-likeness (QED) is 0.744. The van der Waals surface area contributed by atoms with E-state index in [1.165, 1.54) is 12.1 Å². The Kier molecular flexibility index (Phi) is 4.67. The number of aryl methyl sites for hydroxylation is 1. The smallest absolute Gasteiger partial charge is 0.381 e. The Morgan fingerprint density at radius 2 is 1.96 bits per heavy atom. The average Bonchev–Trinajstić information content (AvgIpc) is 3.06. The minimum atomic E-state index is -4.57. The Morgan fingerprint density at radius 1 is 1.15 bits per heavy atom. The van der Waals surface area contributed by atoms with Crippen LogP contribution in [0, 0.1) is 11.3 Å². The molecule has 0 radical (unpaired) electrons. The number of anilines is 1. The topological polar surface area (TPSA) is 53.6 Å². The fourth-order valence-corrected chi connectivity index (χ4v) is 2.62. The summed E-state index contributed by atoms with van der Waals surface area (Å²) in [5, 5.41) is 16.0. The van der Waals surface area contributed by atoms with Crippen LogP contribution in [0.25, 0.3) is 11.1 Å². The molecule has 1 N–H and O–H groups in total. The molecule has 132 valence electrons. The fraction of sp³-hybridized carbons (Fsp3) is 0.158. The second kappa shape index (κ2) is 6.92. The minimum Gasteiger partial charge on any atom is -0.381 e. The van der Waals surface area contributed by atoms with Crippen molar-refractivity contribution < 1.29 is 13.2 Å². The van der Waals surface area contributed by atoms with Gasteiger partial charge in [0.25, 0.3) is 0 Å². The van der Waals surface area contributed by atoms with Crippen molar-refractivity contribution in [2.75, 3.05) is 5.32 Å². The molecule has 0 bridgehead atoms. The molecule has 0 spiro atoms. The number of hydrogen-bond acceptors (Lipinski definition) is 3. The van der Waals surface area contributed by atoms with E-state index in [9.17, 15) is 13.2 Å². The van der Waals surface area contributed by atoms with E-state index in [0.717, 1.165) is 22.8 Å². The van der Waals surface area contributed by atoms with Crippen LogP contribution in [0.5, 0.6) is 0 Å². The average molecular weight is 356 g/mol. The molecule has 0 saturated heterocycles. The molecule has 7 heteroatoms. The third-order valence-electron chi connectivity index (χ3n) is 3.91. The van der Waals surface area contributed by atoms with Crippen molar-refractivity contribution in [3.63, 3.8) is 0 Å². The van der Waals surface area contributed by atoms with Crippen molar-refractivity contribution in [1.29, 1.82) is 5.26 Å². The van der Waals surface area contributed by atoms with Gasteiger partial charge in [-0.05, 0) is 35.4 Å². The Hall–Kier alpha value is -3.27. The van der Waals surface area contributed by atoms with Crippen molar-refractivity contribution in [3.8, 4) is 17.2 Å². The van der Waals surface area contributed by atoms with Gasteiger partial charge in [-0.15, -0.1) is 0 Å². The van der Waals surface area contributed by atoms with Crippen LogP contribution in [0.4, 0.5) is 18.9 Å². The van der Waals surface area contributed by atoms with Gasteiger partial charge < -0.3 is 5.32 Å². The second-order valence-electron chi connectivity index (χ2n) is 5.83. The Labute approximate surface area is 148 Å². The number of alkyl halides is 3. The number of nitrogens with one attached hydrogen (secondary N) is 1. The number of hydrogen-bond donors (Lipinski definition) is 1. The van der Waals surface area contributed by atoms with E-state index >= 15 is 0 Å². The first-order chi connectivity index (χ1) is 12.4. The number of benzene rings is 2. The molecule has 0 unspecified atom stereocenters. The van der Waals surface area contributed by atoms with Crippen LogP contribution >= 0.6 is 0 Å². The Balaban J connectivity index is 1.79. The maximum Gasteiger partial charge on any atom is 0.417 e. The van der Waals surface area contributed by atoms with Crippen LogP contribution in [0.15, 0.2) is 54.9 Å². The highest BCUT2D eigenvalue weighted by atomic mass is 19.4. The molecule has 0 fully saturated rings. The molecular formula is C19H15F3N4. The van der Waals surface area contributed by atoms with Gasteiger partial charge in [-0.2, -0.15) is 23.5 Å². The molecule has 3 aromatic rings. The van der Waals surface area contributed by atoms with Gasteiger partial charge in [-0.25, -0.2) is 0 Å². The van der Waals surface area contributed by atoms with E-state index in [0.29, 0.717) is 12.2 Å². The summed E-state index contributed by atoms with van der Waals surface area (Å²) in [7, 11) is 1.83. The van der Waals surface area contributed by atoms with Crippen LogP contribution in [-0.2, 0) is 19.8 Å². The van der Waals surface area contributed by atoms with Crippen LogP contribution in [0.1, 0.15) is 16.7 Å². The summed E-state index contributed by atoms with van der Waals surface area (Å²) in [6, 6.07) is 12.9. The van der Waals surface area contributed by atoms with Gasteiger partial charge in [0, 0.05) is 31.0 Å². The van der Waals surface area contributed by atoms with Crippen molar-refractivity contribution in [1.82, 2.24) is 9.78 Å². The molecule has 0 aliphatic rings. The van der Waals surface area contributed by atoms with E-state index in [4.69, 9.17) is 5.26 Å². The van der Waals surface area contributed by atoms with E-state index in [1.54, 1.807) is 16.9 Å². The summed E-state index contributed by atoms with van der Waals surface area (Å²) in [6.07, 6.45) is -0.922. The molecule has 0 saturated carbocycles. The van der Waals surface area contributed by atoms with Crippen molar-refractivity contribution in [3.05, 3.63) is 71.5 Å². The zero-order chi connectivity index (χ0) is 18.7. The van der Waals surface area contributed by atoms with Crippen molar-refractivity contribution in [2.24, 2.45) is 7.05 Å². The van der Waals surface area contributed by atoms with Gasteiger partial charge in [0.05, 0.1) is 23.4 Å². The zero-order valence-electron chi connectivity index (χ0n) is 13.9. The zero-order valence-corrected chi connectivity index (χ0v) is 13.9. The summed E-state index contributed by atoms with van der Waals surface area (Å²) >= 11 is 0. The highest BCUT2D eigenvalue weighted by Gasteiger charge is 2.33. The van der Waals surface area contributed by atoms with Crippen LogP contribution in [0.2, 0.25) is 0 Å². The van der Waals surface area contributed by atoms with Gasteiger partial charge in [0.1, 0.15) is 0 Å². The molecular weight excluding hydrogens is 341 g/mol. The molecule has 0 atom stereocenters. The maximum absolute atomic E-state index is 13.0. The van der Waals surface area contributed by atoms with E-state index in [2.05, 4.69) is 10.4 Å². The van der Waals surface area contributed by atoms with Crippen molar-refractivity contribution in [2.45, 2.75) is 12.7 Å². The minimum absolute atomic E-state index is 0.308. The molecule has 3 rings (SSSR count). The normalized spacial score (nSPS) is 11.2. The maximum atomic E-state index is 13.0. The highest BCUT2D eigenvalue weighted by molar-refractivity contribution is 5.62. The summed E-state index contributed by atoms with van der Waals surface area (Å²) in [5.41, 5.74) is 1.85. The lowest BCUT2D eigenvalue weighted by atomic mass is 10.1. The van der Waals surface area contributed by atoms with Gasteiger partial charge in [0.15, 0.2) is 0 Å². The first kappa shape index (κ1) is 17.5. The molecule has 26 heavy (non-hydrogen) atoms. The highest BCUT2D eigenvalue weighted by Crippen LogP contribution is 2.33. The molecule has 1 heterocycles. The van der Waals surface area contributed by atoms with Gasteiger partial charge in [-0.3, -0.25) is 4.68 Å². The number of nitriles is 1. The van der Waals surface area contributed by atoms with Gasteiger partial charge >= 0.3 is 6.18 Å². The lowest BCUT2D eigenvalue weighted by molar-refractivity contribution is -0.137. The largest absolute Gasteiger partial charge is 0.417 e. The molecule has 0 amide bonds.